The van der Waals surface area contributed by atoms with Crippen molar-refractivity contribution in [2.24, 2.45) is 0 Å². The third-order valence-corrected chi connectivity index (χ3v) is 8.19. The summed E-state index contributed by atoms with van der Waals surface area (Å²) in [5.41, 5.74) is 6.47. The summed E-state index contributed by atoms with van der Waals surface area (Å²) in [6.45, 7) is 15.4. The van der Waals surface area contributed by atoms with Crippen LogP contribution < -0.4 is 10.6 Å². The molecule has 3 aliphatic heterocycles. The second-order valence-electron chi connectivity index (χ2n) is 11.8. The van der Waals surface area contributed by atoms with Crippen LogP contribution in [0.2, 0.25) is 0 Å². The third-order valence-electron chi connectivity index (χ3n) is 8.19. The SMILES string of the molecule is Cc1cc(CN2CCN(C(C)(C)C)CC2)ccc1CNc1cccc2c1CN(C1CCC(=O)NC1=O)C2=O. The van der Waals surface area contributed by atoms with Crippen molar-refractivity contribution in [2.75, 3.05) is 31.5 Å². The number of amides is 3. The number of carbonyl (C=O) groups excluding carboxylic acids is 3. The van der Waals surface area contributed by atoms with Crippen LogP contribution in [-0.4, -0.2) is 70.2 Å². The lowest BCUT2D eigenvalue weighted by Crippen LogP contribution is -2.53. The lowest BCUT2D eigenvalue weighted by atomic mass is 10.0. The zero-order valence-electron chi connectivity index (χ0n) is 23.0. The number of nitrogens with zero attached hydrogens (tertiary/aromatic N) is 3. The van der Waals surface area contributed by atoms with Crippen LogP contribution in [0.1, 0.15) is 66.2 Å². The number of piperidine rings is 1. The molecule has 8 nitrogen and oxygen atoms in total. The molecule has 3 heterocycles. The summed E-state index contributed by atoms with van der Waals surface area (Å²) in [5.74, 6) is -0.812. The topological polar surface area (TPSA) is 85.0 Å². The van der Waals surface area contributed by atoms with Gasteiger partial charge >= 0.3 is 0 Å². The lowest BCUT2D eigenvalue weighted by Gasteiger charge is -2.42. The third kappa shape index (κ3) is 5.47. The molecular formula is C30H39N5O3. The fourth-order valence-corrected chi connectivity index (χ4v) is 5.83. The van der Waals surface area contributed by atoms with Gasteiger partial charge in [0.15, 0.2) is 0 Å². The minimum Gasteiger partial charge on any atom is -0.381 e. The number of anilines is 1. The van der Waals surface area contributed by atoms with E-state index >= 15 is 0 Å². The highest BCUT2D eigenvalue weighted by Crippen LogP contribution is 2.32. The molecule has 8 heteroatoms. The molecule has 2 aromatic rings. The van der Waals surface area contributed by atoms with Crippen LogP contribution in [0.4, 0.5) is 5.69 Å². The molecule has 0 bridgehead atoms. The van der Waals surface area contributed by atoms with Crippen molar-refractivity contribution in [3.8, 4) is 0 Å². The summed E-state index contributed by atoms with van der Waals surface area (Å²) in [6, 6.07) is 11.8. The molecule has 5 rings (SSSR count). The molecule has 3 aliphatic rings. The Bertz CT molecular complexity index is 1240. The first-order chi connectivity index (χ1) is 18.1. The zero-order valence-corrected chi connectivity index (χ0v) is 23.0. The minimum absolute atomic E-state index is 0.151. The maximum atomic E-state index is 13.1. The highest BCUT2D eigenvalue weighted by molar-refractivity contribution is 6.06. The number of piperazine rings is 1. The van der Waals surface area contributed by atoms with Gasteiger partial charge in [-0.25, -0.2) is 0 Å². The number of benzene rings is 2. The molecule has 38 heavy (non-hydrogen) atoms. The Morgan fingerprint density at radius 2 is 1.79 bits per heavy atom. The maximum Gasteiger partial charge on any atom is 0.255 e. The molecule has 1 atom stereocenters. The van der Waals surface area contributed by atoms with E-state index in [1.165, 1.54) is 16.7 Å². The van der Waals surface area contributed by atoms with E-state index in [1.807, 2.05) is 18.2 Å². The molecule has 2 N–H and O–H groups in total. The number of imide groups is 1. The molecule has 1 unspecified atom stereocenters. The van der Waals surface area contributed by atoms with Crippen LogP contribution in [0.25, 0.3) is 0 Å². The van der Waals surface area contributed by atoms with Crippen LogP contribution in [0.15, 0.2) is 36.4 Å². The van der Waals surface area contributed by atoms with E-state index in [0.717, 1.165) is 44.0 Å². The van der Waals surface area contributed by atoms with E-state index in [1.54, 1.807) is 4.90 Å². The summed E-state index contributed by atoms with van der Waals surface area (Å²) in [6.07, 6.45) is 0.620. The number of aryl methyl sites for hydroxylation is 1. The van der Waals surface area contributed by atoms with Gasteiger partial charge in [0.1, 0.15) is 6.04 Å². The molecule has 2 saturated heterocycles. The first-order valence-corrected chi connectivity index (χ1v) is 13.7. The standard InChI is InChI=1S/C30H39N5O3/c1-20-16-21(18-33-12-14-34(15-13-33)30(2,3)4)8-9-22(20)17-31-25-7-5-6-23-24(25)19-35(29(23)38)26-10-11-27(36)32-28(26)37/h5-9,16,26,31H,10-15,17-19H2,1-4H3,(H,32,36,37). The van der Waals surface area contributed by atoms with Crippen molar-refractivity contribution in [1.29, 1.82) is 0 Å². The fourth-order valence-electron chi connectivity index (χ4n) is 5.83. The highest BCUT2D eigenvalue weighted by atomic mass is 16.2. The number of carbonyl (C=O) groups is 3. The van der Waals surface area contributed by atoms with Crippen molar-refractivity contribution in [3.63, 3.8) is 0 Å². The van der Waals surface area contributed by atoms with Gasteiger partial charge in [-0.15, -0.1) is 0 Å². The quantitative estimate of drug-likeness (QED) is 0.572. The Labute approximate surface area is 225 Å². The maximum absolute atomic E-state index is 13.1. The van der Waals surface area contributed by atoms with E-state index in [9.17, 15) is 14.4 Å². The molecule has 0 radical (unpaired) electrons. The van der Waals surface area contributed by atoms with Crippen LogP contribution in [0.3, 0.4) is 0 Å². The van der Waals surface area contributed by atoms with Crippen molar-refractivity contribution in [2.45, 2.75) is 71.8 Å². The van der Waals surface area contributed by atoms with Gasteiger partial charge in [-0.05, 0) is 62.9 Å². The van der Waals surface area contributed by atoms with Gasteiger partial charge < -0.3 is 10.2 Å². The van der Waals surface area contributed by atoms with Gasteiger partial charge in [-0.1, -0.05) is 24.3 Å². The summed E-state index contributed by atoms with van der Waals surface area (Å²) in [5, 5.41) is 5.90. The average Bonchev–Trinajstić information content (AvgIpc) is 3.20. The summed E-state index contributed by atoms with van der Waals surface area (Å²) in [7, 11) is 0. The molecule has 3 amide bonds. The van der Waals surface area contributed by atoms with Gasteiger partial charge in [0.05, 0.1) is 0 Å². The first kappa shape index (κ1) is 26.4. The molecule has 0 spiro atoms. The van der Waals surface area contributed by atoms with E-state index < -0.39 is 6.04 Å². The van der Waals surface area contributed by atoms with Crippen LogP contribution in [0.5, 0.6) is 0 Å². The van der Waals surface area contributed by atoms with Crippen molar-refractivity contribution < 1.29 is 14.4 Å². The Morgan fingerprint density at radius 1 is 1.03 bits per heavy atom. The molecule has 0 saturated carbocycles. The average molecular weight is 518 g/mol. The predicted molar refractivity (Wildman–Crippen MR) is 148 cm³/mol. The second kappa shape index (κ2) is 10.5. The van der Waals surface area contributed by atoms with Crippen molar-refractivity contribution in [3.05, 3.63) is 64.2 Å². The van der Waals surface area contributed by atoms with Gasteiger partial charge in [0.25, 0.3) is 5.91 Å². The van der Waals surface area contributed by atoms with Crippen molar-refractivity contribution >= 4 is 23.4 Å². The summed E-state index contributed by atoms with van der Waals surface area (Å²) in [4.78, 5) is 43.7. The van der Waals surface area contributed by atoms with E-state index in [2.05, 4.69) is 66.3 Å². The summed E-state index contributed by atoms with van der Waals surface area (Å²) >= 11 is 0. The largest absolute Gasteiger partial charge is 0.381 e. The lowest BCUT2D eigenvalue weighted by molar-refractivity contribution is -0.136. The molecular weight excluding hydrogens is 478 g/mol. The van der Waals surface area contributed by atoms with Crippen molar-refractivity contribution in [1.82, 2.24) is 20.0 Å². The van der Waals surface area contributed by atoms with Gasteiger partial charge in [-0.3, -0.25) is 29.5 Å². The van der Waals surface area contributed by atoms with Gasteiger partial charge in [0, 0.05) is 74.6 Å². The molecule has 2 fully saturated rings. The number of rotatable bonds is 6. The van der Waals surface area contributed by atoms with Gasteiger partial charge in [-0.2, -0.15) is 0 Å². The monoisotopic (exact) mass is 517 g/mol. The van der Waals surface area contributed by atoms with E-state index in [-0.39, 0.29) is 29.7 Å². The molecule has 2 aromatic carbocycles. The molecule has 202 valence electrons. The number of hydrogen-bond donors (Lipinski definition) is 2. The Kier molecular flexibility index (Phi) is 7.29. The smallest absolute Gasteiger partial charge is 0.255 e. The van der Waals surface area contributed by atoms with Crippen LogP contribution in [-0.2, 0) is 29.2 Å². The second-order valence-corrected chi connectivity index (χ2v) is 11.8. The van der Waals surface area contributed by atoms with Crippen LogP contribution >= 0.6 is 0 Å². The Balaban J connectivity index is 1.21. The number of nitrogens with one attached hydrogen (secondary N) is 2. The van der Waals surface area contributed by atoms with Crippen LogP contribution in [0, 0.1) is 6.92 Å². The first-order valence-electron chi connectivity index (χ1n) is 13.7. The van der Waals surface area contributed by atoms with Gasteiger partial charge in [0.2, 0.25) is 11.8 Å². The number of fused-ring (bicyclic) bond motifs is 1. The highest BCUT2D eigenvalue weighted by Gasteiger charge is 2.39. The zero-order chi connectivity index (χ0) is 27.0. The Hall–Kier alpha value is -3.23. The van der Waals surface area contributed by atoms with E-state index in [0.29, 0.717) is 25.1 Å². The summed E-state index contributed by atoms with van der Waals surface area (Å²) < 4.78 is 0. The normalized spacial score (nSPS) is 21.0. The Morgan fingerprint density at radius 3 is 2.47 bits per heavy atom. The van der Waals surface area contributed by atoms with E-state index in [4.69, 9.17) is 0 Å². The molecule has 0 aromatic heterocycles. The fraction of sp³-hybridized carbons (Fsp3) is 0.500. The molecule has 0 aliphatic carbocycles. The minimum atomic E-state index is -0.605. The predicted octanol–water partition coefficient (Wildman–Crippen LogP) is 3.28. The number of hydrogen-bond acceptors (Lipinski definition) is 6.